The predicted molar refractivity (Wildman–Crippen MR) is 74.1 cm³/mol. The van der Waals surface area contributed by atoms with Gasteiger partial charge in [-0.15, -0.1) is 11.3 Å². The van der Waals surface area contributed by atoms with Crippen LogP contribution in [0.25, 0.3) is 0 Å². The molecule has 3 rings (SSSR count). The summed E-state index contributed by atoms with van der Waals surface area (Å²) in [7, 11) is 0. The lowest BCUT2D eigenvalue weighted by molar-refractivity contribution is 0.0912. The van der Waals surface area contributed by atoms with Crippen molar-refractivity contribution in [2.45, 2.75) is 44.7 Å². The van der Waals surface area contributed by atoms with Crippen molar-refractivity contribution in [3.63, 3.8) is 0 Å². The third-order valence-electron chi connectivity index (χ3n) is 4.00. The van der Waals surface area contributed by atoms with Crippen molar-refractivity contribution in [3.05, 3.63) is 21.9 Å². The van der Waals surface area contributed by atoms with Crippen molar-refractivity contribution in [1.82, 2.24) is 10.2 Å². The summed E-state index contributed by atoms with van der Waals surface area (Å²) < 4.78 is 0. The second-order valence-corrected chi connectivity index (χ2v) is 6.36. The van der Waals surface area contributed by atoms with E-state index in [1.54, 1.807) is 0 Å². The van der Waals surface area contributed by atoms with Gasteiger partial charge in [0.25, 0.3) is 5.91 Å². The van der Waals surface area contributed by atoms with Crippen LogP contribution in [0.5, 0.6) is 0 Å². The van der Waals surface area contributed by atoms with Gasteiger partial charge in [-0.2, -0.15) is 0 Å². The monoisotopic (exact) mass is 264 g/mol. The van der Waals surface area contributed by atoms with Gasteiger partial charge in [-0.25, -0.2) is 0 Å². The minimum absolute atomic E-state index is 0.118. The maximum absolute atomic E-state index is 12.1. The van der Waals surface area contributed by atoms with Crippen LogP contribution >= 0.6 is 11.3 Å². The molecule has 2 fully saturated rings. The molecule has 0 unspecified atom stereocenters. The largest absolute Gasteiger partial charge is 0.349 e. The first-order chi connectivity index (χ1) is 8.74. The van der Waals surface area contributed by atoms with E-state index in [2.05, 4.69) is 10.2 Å². The van der Waals surface area contributed by atoms with Gasteiger partial charge in [0.1, 0.15) is 0 Å². The van der Waals surface area contributed by atoms with Gasteiger partial charge in [0.05, 0.1) is 4.88 Å². The van der Waals surface area contributed by atoms with E-state index in [0.717, 1.165) is 42.4 Å². The second kappa shape index (κ2) is 5.02. The van der Waals surface area contributed by atoms with Crippen molar-refractivity contribution in [2.75, 3.05) is 13.1 Å². The first kappa shape index (κ1) is 12.2. The summed E-state index contributed by atoms with van der Waals surface area (Å²) in [5, 5.41) is 5.17. The molecular weight excluding hydrogens is 244 g/mol. The molecule has 98 valence electrons. The fraction of sp³-hybridized carbons (Fsp3) is 0.643. The first-order valence-electron chi connectivity index (χ1n) is 6.83. The fourth-order valence-electron chi connectivity index (χ4n) is 2.70. The number of thiophene rings is 1. The standard InChI is InChI=1S/C14H20N2OS/c1-10-6-9-18-13(10)14(17)15-11-4-7-16(8-5-11)12-2-3-12/h6,9,11-12H,2-5,7-8H2,1H3,(H,15,17). The Morgan fingerprint density at radius 3 is 2.61 bits per heavy atom. The highest BCUT2D eigenvalue weighted by Gasteiger charge is 2.32. The zero-order valence-electron chi connectivity index (χ0n) is 10.8. The highest BCUT2D eigenvalue weighted by atomic mass is 32.1. The maximum atomic E-state index is 12.1. The Morgan fingerprint density at radius 1 is 1.33 bits per heavy atom. The third-order valence-corrected chi connectivity index (χ3v) is 5.01. The van der Waals surface area contributed by atoms with Crippen LogP contribution in [0.3, 0.4) is 0 Å². The molecule has 1 N–H and O–H groups in total. The second-order valence-electron chi connectivity index (χ2n) is 5.45. The number of carbonyl (C=O) groups excluding carboxylic acids is 1. The highest BCUT2D eigenvalue weighted by molar-refractivity contribution is 7.12. The van der Waals surface area contributed by atoms with Gasteiger partial charge < -0.3 is 10.2 Å². The van der Waals surface area contributed by atoms with Gasteiger partial charge in [0.2, 0.25) is 0 Å². The number of hydrogen-bond donors (Lipinski definition) is 1. The van der Waals surface area contributed by atoms with Crippen LogP contribution in [0, 0.1) is 6.92 Å². The number of aryl methyl sites for hydroxylation is 1. The van der Waals surface area contributed by atoms with Gasteiger partial charge in [0.15, 0.2) is 0 Å². The van der Waals surface area contributed by atoms with Crippen molar-refractivity contribution in [3.8, 4) is 0 Å². The molecule has 0 spiro atoms. The van der Waals surface area contributed by atoms with E-state index >= 15 is 0 Å². The lowest BCUT2D eigenvalue weighted by Crippen LogP contribution is -2.45. The average Bonchev–Trinajstić information content (AvgIpc) is 3.12. The Morgan fingerprint density at radius 2 is 2.06 bits per heavy atom. The van der Waals surface area contributed by atoms with Gasteiger partial charge in [-0.1, -0.05) is 0 Å². The van der Waals surface area contributed by atoms with E-state index in [9.17, 15) is 4.79 Å². The number of hydrogen-bond acceptors (Lipinski definition) is 3. The molecule has 3 nitrogen and oxygen atoms in total. The molecule has 18 heavy (non-hydrogen) atoms. The zero-order chi connectivity index (χ0) is 12.5. The van der Waals surface area contributed by atoms with E-state index in [-0.39, 0.29) is 5.91 Å². The summed E-state index contributed by atoms with van der Waals surface area (Å²) in [5.74, 6) is 0.118. The number of likely N-dealkylation sites (tertiary alicyclic amines) is 1. The van der Waals surface area contributed by atoms with Crippen LogP contribution < -0.4 is 5.32 Å². The summed E-state index contributed by atoms with van der Waals surface area (Å²) in [5.41, 5.74) is 1.09. The number of rotatable bonds is 3. The number of nitrogens with one attached hydrogen (secondary N) is 1. The summed E-state index contributed by atoms with van der Waals surface area (Å²) in [4.78, 5) is 15.6. The smallest absolute Gasteiger partial charge is 0.261 e. The topological polar surface area (TPSA) is 32.3 Å². The molecule has 1 saturated carbocycles. The van der Waals surface area contributed by atoms with Crippen molar-refractivity contribution >= 4 is 17.2 Å². The summed E-state index contributed by atoms with van der Waals surface area (Å²) >= 11 is 1.54. The highest BCUT2D eigenvalue weighted by Crippen LogP contribution is 2.29. The minimum atomic E-state index is 0.118. The minimum Gasteiger partial charge on any atom is -0.349 e. The summed E-state index contributed by atoms with van der Waals surface area (Å²) in [6.07, 6.45) is 4.97. The van der Waals surface area contributed by atoms with E-state index < -0.39 is 0 Å². The third kappa shape index (κ3) is 2.59. The van der Waals surface area contributed by atoms with Crippen LogP contribution in [0.15, 0.2) is 11.4 Å². The van der Waals surface area contributed by atoms with E-state index in [1.807, 2.05) is 18.4 Å². The SMILES string of the molecule is Cc1ccsc1C(=O)NC1CCN(C2CC2)CC1. The maximum Gasteiger partial charge on any atom is 0.261 e. The molecule has 2 heterocycles. The number of amides is 1. The van der Waals surface area contributed by atoms with Crippen LogP contribution in [-0.4, -0.2) is 36.0 Å². The molecule has 1 aliphatic heterocycles. The molecule has 0 bridgehead atoms. The molecule has 1 aromatic rings. The first-order valence-corrected chi connectivity index (χ1v) is 7.71. The Hall–Kier alpha value is -0.870. The quantitative estimate of drug-likeness (QED) is 0.909. The van der Waals surface area contributed by atoms with E-state index in [1.165, 1.54) is 24.2 Å². The van der Waals surface area contributed by atoms with Gasteiger partial charge in [-0.3, -0.25) is 4.79 Å². The Labute approximate surface area is 112 Å². The molecule has 1 aromatic heterocycles. The molecule has 0 atom stereocenters. The van der Waals surface area contributed by atoms with Crippen LogP contribution in [0.2, 0.25) is 0 Å². The van der Waals surface area contributed by atoms with Crippen LogP contribution in [0.1, 0.15) is 40.9 Å². The van der Waals surface area contributed by atoms with Crippen molar-refractivity contribution in [2.24, 2.45) is 0 Å². The molecule has 1 aliphatic carbocycles. The van der Waals surface area contributed by atoms with Crippen LogP contribution in [-0.2, 0) is 0 Å². The van der Waals surface area contributed by atoms with Crippen molar-refractivity contribution in [1.29, 1.82) is 0 Å². The molecular formula is C14H20N2OS. The summed E-state index contributed by atoms with van der Waals surface area (Å²) in [6, 6.07) is 3.24. The lowest BCUT2D eigenvalue weighted by atomic mass is 10.0. The molecule has 2 aliphatic rings. The number of carbonyl (C=O) groups is 1. The molecule has 4 heteroatoms. The van der Waals surface area contributed by atoms with Crippen LogP contribution in [0.4, 0.5) is 0 Å². The van der Waals surface area contributed by atoms with Gasteiger partial charge in [-0.05, 0) is 49.6 Å². The number of nitrogens with zero attached hydrogens (tertiary/aromatic N) is 1. The average molecular weight is 264 g/mol. The van der Waals surface area contributed by atoms with E-state index in [0.29, 0.717) is 6.04 Å². The lowest BCUT2D eigenvalue weighted by Gasteiger charge is -2.32. The van der Waals surface area contributed by atoms with Gasteiger partial charge in [0, 0.05) is 25.2 Å². The molecule has 0 radical (unpaired) electrons. The zero-order valence-corrected chi connectivity index (χ0v) is 11.6. The van der Waals surface area contributed by atoms with E-state index in [4.69, 9.17) is 0 Å². The molecule has 0 aromatic carbocycles. The van der Waals surface area contributed by atoms with Crippen molar-refractivity contribution < 1.29 is 4.79 Å². The Bertz CT molecular complexity index is 431. The molecule has 1 saturated heterocycles. The predicted octanol–water partition coefficient (Wildman–Crippen LogP) is 2.41. The Balaban J connectivity index is 1.51. The van der Waals surface area contributed by atoms with Gasteiger partial charge >= 0.3 is 0 Å². The summed E-state index contributed by atoms with van der Waals surface area (Å²) in [6.45, 7) is 4.30. The normalized spacial score (nSPS) is 22.1. The fourth-order valence-corrected chi connectivity index (χ4v) is 3.53. The number of piperidine rings is 1. The Kier molecular flexibility index (Phi) is 3.39. The molecule has 1 amide bonds.